The third-order valence-corrected chi connectivity index (χ3v) is 3.52. The largest absolute Gasteiger partial charge is 0.418 e. The Kier molecular flexibility index (Phi) is 4.63. The molecule has 0 spiro atoms. The van der Waals surface area contributed by atoms with Crippen molar-refractivity contribution >= 4 is 22.3 Å². The van der Waals surface area contributed by atoms with Crippen molar-refractivity contribution in [2.75, 3.05) is 19.8 Å². The minimum atomic E-state index is -4.81. The Balaban J connectivity index is 2.01. The summed E-state index contributed by atoms with van der Waals surface area (Å²) in [6.45, 7) is -0.259. The predicted molar refractivity (Wildman–Crippen MR) is 64.6 cm³/mol. The number of carbonyl (C=O) groups excluding carboxylic acids is 2. The number of hydroxylamine groups is 3. The molecule has 2 rings (SSSR count). The molecule has 3 amide bonds. The number of nitrogens with one attached hydrogen (secondary N) is 1. The minimum absolute atomic E-state index is 0.0903. The lowest BCUT2D eigenvalue weighted by molar-refractivity contribution is -0.139. The molecule has 0 aromatic heterocycles. The van der Waals surface area contributed by atoms with Gasteiger partial charge in [-0.05, 0) is 12.8 Å². The Morgan fingerprint density at radius 1 is 1.43 bits per heavy atom. The van der Waals surface area contributed by atoms with Gasteiger partial charge in [0.2, 0.25) is 0 Å². The molecule has 2 fully saturated rings. The summed E-state index contributed by atoms with van der Waals surface area (Å²) in [6, 6.07) is -2.21. The van der Waals surface area contributed by atoms with Gasteiger partial charge in [-0.25, -0.2) is 10.3 Å². The van der Waals surface area contributed by atoms with Crippen LogP contribution in [0.5, 0.6) is 0 Å². The highest BCUT2D eigenvalue weighted by molar-refractivity contribution is 7.80. The van der Waals surface area contributed by atoms with Gasteiger partial charge in [0.1, 0.15) is 6.04 Å². The first-order valence-corrected chi connectivity index (χ1v) is 7.49. The number of piperidine rings is 1. The molecular formula is C9H15N3O8S. The van der Waals surface area contributed by atoms with E-state index in [0.29, 0.717) is 11.5 Å². The average molecular weight is 325 g/mol. The molecule has 2 saturated heterocycles. The second-order valence-corrected chi connectivity index (χ2v) is 5.55. The van der Waals surface area contributed by atoms with E-state index in [1.807, 2.05) is 0 Å². The molecule has 0 aromatic carbocycles. The van der Waals surface area contributed by atoms with Crippen LogP contribution in [0.4, 0.5) is 4.79 Å². The normalized spacial score (nSPS) is 25.3. The van der Waals surface area contributed by atoms with Gasteiger partial charge in [-0.2, -0.15) is 13.5 Å². The van der Waals surface area contributed by atoms with Crippen LogP contribution in [-0.4, -0.2) is 71.8 Å². The number of amides is 3. The van der Waals surface area contributed by atoms with Crippen molar-refractivity contribution in [3.8, 4) is 0 Å². The molecule has 0 unspecified atom stereocenters. The van der Waals surface area contributed by atoms with Crippen LogP contribution in [0.3, 0.4) is 0 Å². The van der Waals surface area contributed by atoms with E-state index >= 15 is 0 Å². The average Bonchev–Trinajstić information content (AvgIpc) is 2.63. The Morgan fingerprint density at radius 3 is 2.76 bits per heavy atom. The van der Waals surface area contributed by atoms with Crippen LogP contribution >= 0.6 is 0 Å². The summed E-state index contributed by atoms with van der Waals surface area (Å²) in [4.78, 5) is 29.7. The zero-order valence-electron chi connectivity index (χ0n) is 10.8. The summed E-state index contributed by atoms with van der Waals surface area (Å²) in [5.41, 5.74) is 2.10. The molecule has 2 aliphatic heterocycles. The van der Waals surface area contributed by atoms with Crippen LogP contribution in [0.25, 0.3) is 0 Å². The number of hydrogen-bond acceptors (Lipinski definition) is 7. The van der Waals surface area contributed by atoms with Crippen molar-refractivity contribution in [1.29, 1.82) is 0 Å². The van der Waals surface area contributed by atoms with E-state index in [1.165, 1.54) is 0 Å². The minimum Gasteiger partial charge on any atom is -0.394 e. The fraction of sp³-hybridized carbons (Fsp3) is 0.778. The number of nitrogens with zero attached hydrogens (tertiary/aromatic N) is 2. The monoisotopic (exact) mass is 325 g/mol. The summed E-state index contributed by atoms with van der Waals surface area (Å²) in [5, 5.41) is 9.09. The molecular weight excluding hydrogens is 310 g/mol. The first kappa shape index (κ1) is 15.9. The summed E-state index contributed by atoms with van der Waals surface area (Å²) >= 11 is 0. The van der Waals surface area contributed by atoms with Crippen molar-refractivity contribution in [3.05, 3.63) is 0 Å². The Labute approximate surface area is 120 Å². The van der Waals surface area contributed by atoms with Gasteiger partial charge in [-0.1, -0.05) is 0 Å². The fourth-order valence-corrected chi connectivity index (χ4v) is 2.73. The molecule has 2 aliphatic rings. The van der Waals surface area contributed by atoms with Gasteiger partial charge in [0.25, 0.3) is 5.91 Å². The maximum Gasteiger partial charge on any atom is 0.418 e. The smallest absolute Gasteiger partial charge is 0.394 e. The first-order chi connectivity index (χ1) is 9.83. The lowest BCUT2D eigenvalue weighted by Gasteiger charge is -2.28. The van der Waals surface area contributed by atoms with Crippen LogP contribution in [-0.2, 0) is 24.3 Å². The molecule has 2 heterocycles. The first-order valence-electron chi connectivity index (χ1n) is 6.13. The van der Waals surface area contributed by atoms with E-state index in [0.717, 1.165) is 4.90 Å². The fourth-order valence-electron chi connectivity index (χ4n) is 2.34. The molecule has 0 aromatic rings. The summed E-state index contributed by atoms with van der Waals surface area (Å²) in [5.74, 6) is -0.580. The zero-order chi connectivity index (χ0) is 15.6. The highest BCUT2D eigenvalue weighted by Gasteiger charge is 2.49. The lowest BCUT2D eigenvalue weighted by Crippen LogP contribution is -2.49. The summed E-state index contributed by atoms with van der Waals surface area (Å²) in [6.07, 6.45) is 0.617. The topological polar surface area (TPSA) is 146 Å². The quantitative estimate of drug-likeness (QED) is 0.289. The number of hydrogen-bond donors (Lipinski definition) is 3. The second kappa shape index (κ2) is 6.11. The molecule has 12 heteroatoms. The molecule has 0 aliphatic carbocycles. The Hall–Kier alpha value is -1.47. The van der Waals surface area contributed by atoms with E-state index in [-0.39, 0.29) is 26.2 Å². The standard InChI is InChI=1S/C9H15N3O8S/c13-3-4-19-10-8(14)7-2-1-6-5-11(7)9(15)12(6)20-21(16,17)18/h6-7,13H,1-5H2,(H,10,14)(H,16,17,18)/t6-,7+/m1/s1. The third-order valence-electron chi connectivity index (χ3n) is 3.17. The molecule has 2 atom stereocenters. The molecule has 0 saturated carbocycles. The predicted octanol–water partition coefficient (Wildman–Crippen LogP) is -1.97. The van der Waals surface area contributed by atoms with Gasteiger partial charge in [-0.15, -0.1) is 4.28 Å². The van der Waals surface area contributed by atoms with Gasteiger partial charge in [0.05, 0.1) is 19.3 Å². The van der Waals surface area contributed by atoms with Crippen LogP contribution in [0.1, 0.15) is 12.8 Å². The third kappa shape index (κ3) is 3.59. The Bertz CT molecular complexity index is 523. The van der Waals surface area contributed by atoms with Crippen LogP contribution in [0.15, 0.2) is 0 Å². The second-order valence-electron chi connectivity index (χ2n) is 4.55. The molecule has 120 valence electrons. The van der Waals surface area contributed by atoms with Gasteiger partial charge < -0.3 is 10.0 Å². The Morgan fingerprint density at radius 2 is 2.14 bits per heavy atom. The SMILES string of the molecule is O=C(NOCCO)[C@@H]1CC[C@@H]2CN1C(=O)N2OS(=O)(=O)O. The van der Waals surface area contributed by atoms with E-state index in [1.54, 1.807) is 0 Å². The maximum atomic E-state index is 12.0. The summed E-state index contributed by atoms with van der Waals surface area (Å²) < 4.78 is 34.3. The van der Waals surface area contributed by atoms with E-state index in [2.05, 4.69) is 14.6 Å². The van der Waals surface area contributed by atoms with Crippen LogP contribution in [0.2, 0.25) is 0 Å². The number of aliphatic hydroxyl groups excluding tert-OH is 1. The maximum absolute atomic E-state index is 12.0. The van der Waals surface area contributed by atoms with Crippen molar-refractivity contribution in [3.63, 3.8) is 0 Å². The highest BCUT2D eigenvalue weighted by Crippen LogP contribution is 2.30. The van der Waals surface area contributed by atoms with Crippen molar-refractivity contribution < 1.29 is 36.8 Å². The summed E-state index contributed by atoms with van der Waals surface area (Å²) in [7, 11) is -4.81. The molecule has 11 nitrogen and oxygen atoms in total. The number of urea groups is 1. The number of rotatable bonds is 6. The number of aliphatic hydroxyl groups is 1. The molecule has 2 bridgehead atoms. The van der Waals surface area contributed by atoms with Gasteiger partial charge in [0, 0.05) is 6.54 Å². The van der Waals surface area contributed by atoms with Crippen molar-refractivity contribution in [2.24, 2.45) is 0 Å². The van der Waals surface area contributed by atoms with Crippen LogP contribution in [0, 0.1) is 0 Å². The van der Waals surface area contributed by atoms with E-state index in [9.17, 15) is 18.0 Å². The molecule has 3 N–H and O–H groups in total. The number of carbonyl (C=O) groups is 2. The zero-order valence-corrected chi connectivity index (χ0v) is 11.7. The van der Waals surface area contributed by atoms with E-state index < -0.39 is 34.4 Å². The lowest BCUT2D eigenvalue weighted by atomic mass is 10.0. The van der Waals surface area contributed by atoms with Crippen molar-refractivity contribution in [1.82, 2.24) is 15.4 Å². The van der Waals surface area contributed by atoms with Crippen LogP contribution < -0.4 is 5.48 Å². The van der Waals surface area contributed by atoms with Gasteiger partial charge >= 0.3 is 16.4 Å². The van der Waals surface area contributed by atoms with E-state index in [4.69, 9.17) is 9.66 Å². The van der Waals surface area contributed by atoms with Gasteiger partial charge in [-0.3, -0.25) is 14.2 Å². The molecule has 21 heavy (non-hydrogen) atoms. The highest BCUT2D eigenvalue weighted by atomic mass is 32.3. The molecule has 0 radical (unpaired) electrons. The number of fused-ring (bicyclic) bond motifs is 2. The van der Waals surface area contributed by atoms with Gasteiger partial charge in [0.15, 0.2) is 0 Å². The van der Waals surface area contributed by atoms with Crippen molar-refractivity contribution in [2.45, 2.75) is 24.9 Å².